The Morgan fingerprint density at radius 2 is 1.37 bits per heavy atom. The zero-order valence-corrected chi connectivity index (χ0v) is 22.9. The molecule has 4 unspecified atom stereocenters. The topological polar surface area (TPSA) is 256 Å². The number of benzene rings is 1. The first kappa shape index (κ1) is 33.2. The summed E-state index contributed by atoms with van der Waals surface area (Å²) in [6.45, 7) is 0.761. The van der Waals surface area contributed by atoms with Crippen molar-refractivity contribution in [3.8, 4) is 0 Å². The van der Waals surface area contributed by atoms with Gasteiger partial charge in [-0.3, -0.25) is 19.2 Å². The third kappa shape index (κ3) is 10.8. The van der Waals surface area contributed by atoms with E-state index in [1.54, 1.807) is 6.20 Å². The normalized spacial score (nSPS) is 14.0. The Bertz CT molecular complexity index is 1190. The van der Waals surface area contributed by atoms with Crippen LogP contribution in [0.25, 0.3) is 10.9 Å². The van der Waals surface area contributed by atoms with E-state index in [-0.39, 0.29) is 12.8 Å². The number of nitrogens with two attached hydrogens (primary N) is 3. The molecule has 1 aromatic heterocycles. The summed E-state index contributed by atoms with van der Waals surface area (Å²) in [6.07, 6.45) is 3.50. The molecule has 0 saturated carbocycles. The lowest BCUT2D eigenvalue weighted by molar-refractivity contribution is -0.143. The van der Waals surface area contributed by atoms with Crippen LogP contribution in [0.15, 0.2) is 30.5 Å². The molecule has 4 atom stereocenters. The van der Waals surface area contributed by atoms with E-state index in [1.807, 2.05) is 24.3 Å². The number of aromatic nitrogens is 1. The number of unbranched alkanes of at least 4 members (excludes halogenated alkanes) is 2. The fraction of sp³-hybridized carbons (Fsp3) is 0.519. The first-order chi connectivity index (χ1) is 19.6. The number of hydrogen-bond acceptors (Lipinski definition) is 8. The van der Waals surface area contributed by atoms with E-state index in [0.29, 0.717) is 50.8 Å². The van der Waals surface area contributed by atoms with Gasteiger partial charge in [-0.1, -0.05) is 24.6 Å². The largest absolute Gasteiger partial charge is 0.481 e. The number of H-pyrrole nitrogens is 1. The second-order valence-electron chi connectivity index (χ2n) is 9.86. The van der Waals surface area contributed by atoms with E-state index in [2.05, 4.69) is 20.9 Å². The number of aromatic amines is 1. The minimum atomic E-state index is -1.51. The average molecular weight is 576 g/mol. The van der Waals surface area contributed by atoms with Gasteiger partial charge in [0.1, 0.15) is 18.1 Å². The van der Waals surface area contributed by atoms with E-state index >= 15 is 0 Å². The van der Waals surface area contributed by atoms with Gasteiger partial charge in [0, 0.05) is 23.5 Å². The first-order valence-corrected chi connectivity index (χ1v) is 13.6. The molecule has 14 heteroatoms. The Hall–Kier alpha value is -4.01. The van der Waals surface area contributed by atoms with Crippen molar-refractivity contribution >= 4 is 40.6 Å². The molecule has 1 aromatic carbocycles. The second kappa shape index (κ2) is 16.9. The highest BCUT2D eigenvalue weighted by Crippen LogP contribution is 2.19. The molecule has 41 heavy (non-hydrogen) atoms. The van der Waals surface area contributed by atoms with Crippen LogP contribution in [0, 0.1) is 0 Å². The lowest BCUT2D eigenvalue weighted by Crippen LogP contribution is -2.57. The van der Waals surface area contributed by atoms with Gasteiger partial charge < -0.3 is 48.3 Å². The van der Waals surface area contributed by atoms with E-state index < -0.39 is 60.2 Å². The Kier molecular flexibility index (Phi) is 13.7. The molecule has 0 aliphatic heterocycles. The number of carbonyl (C=O) groups is 5. The highest BCUT2D eigenvalue weighted by molar-refractivity contribution is 5.95. The zero-order chi connectivity index (χ0) is 30.4. The van der Waals surface area contributed by atoms with E-state index in [9.17, 15) is 34.2 Å². The number of carboxylic acid groups (broad SMARTS) is 2. The molecule has 12 N–H and O–H groups in total. The molecule has 226 valence electrons. The van der Waals surface area contributed by atoms with Crippen molar-refractivity contribution in [3.05, 3.63) is 36.0 Å². The van der Waals surface area contributed by atoms with Crippen molar-refractivity contribution in [2.45, 2.75) is 75.5 Å². The number of fused-ring (bicyclic) bond motifs is 1. The molecule has 0 aliphatic carbocycles. The van der Waals surface area contributed by atoms with Gasteiger partial charge in [-0.05, 0) is 56.8 Å². The number of amides is 3. The predicted octanol–water partition coefficient (Wildman–Crippen LogP) is -0.691. The Morgan fingerprint density at radius 1 is 0.780 bits per heavy atom. The summed E-state index contributed by atoms with van der Waals surface area (Å²) in [5.41, 5.74) is 18.4. The molecule has 2 aromatic rings. The van der Waals surface area contributed by atoms with Gasteiger partial charge in [0.25, 0.3) is 0 Å². The Balaban J connectivity index is 2.16. The number of para-hydroxylation sites is 1. The molecular weight excluding hydrogens is 534 g/mol. The van der Waals surface area contributed by atoms with Gasteiger partial charge in [0.15, 0.2) is 0 Å². The quantitative estimate of drug-likeness (QED) is 0.0952. The van der Waals surface area contributed by atoms with Gasteiger partial charge in [-0.2, -0.15) is 0 Å². The van der Waals surface area contributed by atoms with Crippen LogP contribution in [0.3, 0.4) is 0 Å². The number of aliphatic carboxylic acids is 2. The second-order valence-corrected chi connectivity index (χ2v) is 9.86. The molecule has 2 rings (SSSR count). The smallest absolute Gasteiger partial charge is 0.326 e. The molecule has 0 spiro atoms. The number of nitrogens with one attached hydrogen (secondary N) is 4. The highest BCUT2D eigenvalue weighted by Gasteiger charge is 2.31. The van der Waals surface area contributed by atoms with Crippen LogP contribution in [0.5, 0.6) is 0 Å². The van der Waals surface area contributed by atoms with Crippen LogP contribution < -0.4 is 33.2 Å². The minimum Gasteiger partial charge on any atom is -0.481 e. The number of hydrogen-bond donors (Lipinski definition) is 9. The summed E-state index contributed by atoms with van der Waals surface area (Å²) in [5.74, 6) is -5.00. The maximum absolute atomic E-state index is 13.2. The number of rotatable bonds is 19. The fourth-order valence-corrected chi connectivity index (χ4v) is 4.33. The van der Waals surface area contributed by atoms with Crippen LogP contribution in [0.1, 0.15) is 50.5 Å². The predicted molar refractivity (Wildman–Crippen MR) is 151 cm³/mol. The van der Waals surface area contributed by atoms with Crippen molar-refractivity contribution in [1.82, 2.24) is 20.9 Å². The van der Waals surface area contributed by atoms with E-state index in [1.165, 1.54) is 0 Å². The maximum atomic E-state index is 13.2. The van der Waals surface area contributed by atoms with Crippen molar-refractivity contribution in [3.63, 3.8) is 0 Å². The van der Waals surface area contributed by atoms with Crippen molar-refractivity contribution in [2.75, 3.05) is 13.1 Å². The summed E-state index contributed by atoms with van der Waals surface area (Å²) in [5, 5.41) is 27.3. The third-order valence-electron chi connectivity index (χ3n) is 6.61. The summed E-state index contributed by atoms with van der Waals surface area (Å²) in [4.78, 5) is 65.4. The van der Waals surface area contributed by atoms with Gasteiger partial charge in [-0.25, -0.2) is 4.79 Å². The third-order valence-corrected chi connectivity index (χ3v) is 6.61. The monoisotopic (exact) mass is 575 g/mol. The molecule has 0 saturated heterocycles. The molecule has 1 heterocycles. The number of carboxylic acids is 2. The lowest BCUT2D eigenvalue weighted by Gasteiger charge is -2.25. The minimum absolute atomic E-state index is 0.0195. The standard InChI is InChI=1S/C27H41N7O7/c28-11-5-3-8-18(30)24(37)33-21(14-23(35)36)26(39)32-20(10-4-6-12-29)25(38)34-22(27(40)41)13-16-15-31-19-9-2-1-7-17(16)19/h1-2,7,9,15,18,20-22,31H,3-6,8,10-14,28-30H2,(H,32,39)(H,33,37)(H,34,38)(H,35,36)(H,40,41). The van der Waals surface area contributed by atoms with Gasteiger partial charge in [-0.15, -0.1) is 0 Å². The van der Waals surface area contributed by atoms with Crippen LogP contribution in [0.2, 0.25) is 0 Å². The summed E-state index contributed by atoms with van der Waals surface area (Å²) in [7, 11) is 0. The van der Waals surface area contributed by atoms with Crippen LogP contribution in [0.4, 0.5) is 0 Å². The van der Waals surface area contributed by atoms with Crippen molar-refractivity contribution in [2.24, 2.45) is 17.2 Å². The molecular formula is C27H41N7O7. The van der Waals surface area contributed by atoms with Gasteiger partial charge in [0.05, 0.1) is 12.5 Å². The average Bonchev–Trinajstić information content (AvgIpc) is 3.34. The molecule has 0 fully saturated rings. The van der Waals surface area contributed by atoms with Gasteiger partial charge in [0.2, 0.25) is 17.7 Å². The Labute approximate surface area is 237 Å². The molecule has 0 radical (unpaired) electrons. The molecule has 14 nitrogen and oxygen atoms in total. The molecule has 0 aliphatic rings. The van der Waals surface area contributed by atoms with Crippen molar-refractivity contribution < 1.29 is 34.2 Å². The summed E-state index contributed by atoms with van der Waals surface area (Å²) in [6, 6.07) is 2.33. The molecule has 0 bridgehead atoms. The van der Waals surface area contributed by atoms with Crippen molar-refractivity contribution in [1.29, 1.82) is 0 Å². The van der Waals surface area contributed by atoms with Crippen LogP contribution in [-0.4, -0.2) is 82.1 Å². The zero-order valence-electron chi connectivity index (χ0n) is 22.9. The first-order valence-electron chi connectivity index (χ1n) is 13.6. The number of carbonyl (C=O) groups excluding carboxylic acids is 3. The summed E-state index contributed by atoms with van der Waals surface area (Å²) >= 11 is 0. The fourth-order valence-electron chi connectivity index (χ4n) is 4.33. The molecule has 3 amide bonds. The van der Waals surface area contributed by atoms with E-state index in [4.69, 9.17) is 17.2 Å². The SMILES string of the molecule is NCCCCC(N)C(=O)NC(CC(=O)O)C(=O)NC(CCCCN)C(=O)NC(Cc1c[nH]c2ccccc12)C(=O)O. The lowest BCUT2D eigenvalue weighted by atomic mass is 10.0. The van der Waals surface area contributed by atoms with Gasteiger partial charge >= 0.3 is 11.9 Å². The maximum Gasteiger partial charge on any atom is 0.326 e. The summed E-state index contributed by atoms with van der Waals surface area (Å²) < 4.78 is 0. The Morgan fingerprint density at radius 3 is 2.00 bits per heavy atom. The van der Waals surface area contributed by atoms with Crippen LogP contribution in [-0.2, 0) is 30.4 Å². The van der Waals surface area contributed by atoms with E-state index in [0.717, 1.165) is 10.9 Å². The van der Waals surface area contributed by atoms with Crippen LogP contribution >= 0.6 is 0 Å². The highest BCUT2D eigenvalue weighted by atomic mass is 16.4.